The minimum Gasteiger partial charge on any atom is -0.507 e. The summed E-state index contributed by atoms with van der Waals surface area (Å²) in [6.45, 7) is -1.17. The van der Waals surface area contributed by atoms with Gasteiger partial charge in [0.2, 0.25) is 5.78 Å². The predicted molar refractivity (Wildman–Crippen MR) is 133 cm³/mol. The van der Waals surface area contributed by atoms with E-state index in [2.05, 4.69) is 0 Å². The molecule has 3 aliphatic rings. The molecule has 1 saturated heterocycles. The number of phenols is 2. The lowest BCUT2D eigenvalue weighted by Crippen LogP contribution is -2.60. The summed E-state index contributed by atoms with van der Waals surface area (Å²) in [5.41, 5.74) is -4.96. The van der Waals surface area contributed by atoms with Gasteiger partial charge in [-0.05, 0) is 6.07 Å². The molecule has 15 nitrogen and oxygen atoms in total. The van der Waals surface area contributed by atoms with E-state index in [0.717, 1.165) is 0 Å². The number of ether oxygens (including phenoxy) is 3. The zero-order valence-corrected chi connectivity index (χ0v) is 21.8. The van der Waals surface area contributed by atoms with Gasteiger partial charge in [0.25, 0.3) is 0 Å². The highest BCUT2D eigenvalue weighted by Crippen LogP contribution is 2.52. The third-order valence-corrected chi connectivity index (χ3v) is 7.85. The van der Waals surface area contributed by atoms with Crippen LogP contribution in [0, 0.1) is 0 Å². The average Bonchev–Trinajstić information content (AvgIpc) is 2.96. The summed E-state index contributed by atoms with van der Waals surface area (Å²) in [4.78, 5) is 51.3. The largest absolute Gasteiger partial charge is 0.507 e. The second-order valence-electron chi connectivity index (χ2n) is 10.2. The topological polar surface area (TPSA) is 258 Å². The number of aromatic hydroxyl groups is 2. The zero-order valence-electron chi connectivity index (χ0n) is 21.8. The van der Waals surface area contributed by atoms with Crippen molar-refractivity contribution in [3.8, 4) is 17.2 Å². The van der Waals surface area contributed by atoms with Crippen molar-refractivity contribution in [1.82, 2.24) is 0 Å². The van der Waals surface area contributed by atoms with Crippen LogP contribution >= 0.6 is 0 Å². The molecule has 2 aromatic rings. The molecule has 7 atom stereocenters. The maximum Gasteiger partial charge on any atom is 0.335 e. The van der Waals surface area contributed by atoms with Gasteiger partial charge in [-0.25, -0.2) is 4.79 Å². The van der Waals surface area contributed by atoms with Crippen LogP contribution in [0.25, 0.3) is 0 Å². The molecule has 0 spiro atoms. The van der Waals surface area contributed by atoms with Gasteiger partial charge in [-0.1, -0.05) is 12.1 Å². The van der Waals surface area contributed by atoms with Crippen LogP contribution in [0.15, 0.2) is 18.2 Å². The van der Waals surface area contributed by atoms with Crippen LogP contribution in [0.1, 0.15) is 55.5 Å². The van der Waals surface area contributed by atoms with Gasteiger partial charge in [0.15, 0.2) is 24.0 Å². The van der Waals surface area contributed by atoms with Crippen LogP contribution in [-0.4, -0.2) is 114 Å². The van der Waals surface area contributed by atoms with Crippen molar-refractivity contribution >= 4 is 23.3 Å². The Kier molecular flexibility index (Phi) is 7.31. The van der Waals surface area contributed by atoms with Crippen LogP contribution in [0.3, 0.4) is 0 Å². The van der Waals surface area contributed by atoms with E-state index < -0.39 is 119 Å². The number of carboxylic acids is 1. The number of ketones is 3. The van der Waals surface area contributed by atoms with Gasteiger partial charge in [0.05, 0.1) is 29.9 Å². The van der Waals surface area contributed by atoms with E-state index in [1.807, 2.05) is 0 Å². The molecule has 5 rings (SSSR count). The minimum absolute atomic E-state index is 0.00480. The van der Waals surface area contributed by atoms with Crippen LogP contribution in [0.2, 0.25) is 0 Å². The highest BCUT2D eigenvalue weighted by molar-refractivity contribution is 6.31. The molecule has 8 N–H and O–H groups in total. The summed E-state index contributed by atoms with van der Waals surface area (Å²) >= 11 is 0. The minimum atomic E-state index is -2.49. The number of benzene rings is 2. The highest BCUT2D eigenvalue weighted by Gasteiger charge is 2.52. The Morgan fingerprint density at radius 1 is 1.00 bits per heavy atom. The lowest BCUT2D eigenvalue weighted by atomic mass is 9.72. The van der Waals surface area contributed by atoms with E-state index >= 15 is 0 Å². The molecule has 2 aliphatic carbocycles. The van der Waals surface area contributed by atoms with E-state index in [9.17, 15) is 60.0 Å². The molecule has 0 aromatic heterocycles. The molecule has 0 saturated carbocycles. The maximum absolute atomic E-state index is 13.6. The maximum atomic E-state index is 13.6. The van der Waals surface area contributed by atoms with Crippen molar-refractivity contribution in [3.05, 3.63) is 51.6 Å². The number of carbonyl (C=O) groups is 4. The first kappa shape index (κ1) is 29.5. The average molecular weight is 590 g/mol. The monoisotopic (exact) mass is 590 g/mol. The molecule has 0 bridgehead atoms. The molecule has 0 amide bonds. The van der Waals surface area contributed by atoms with E-state index in [-0.39, 0.29) is 16.9 Å². The third kappa shape index (κ3) is 4.25. The van der Waals surface area contributed by atoms with Gasteiger partial charge < -0.3 is 55.1 Å². The number of Topliss-reactive ketones (excluding diaryl/α,β-unsaturated/α-hetero) is 1. The molecule has 0 radical (unpaired) electrons. The number of rotatable bonds is 6. The lowest BCUT2D eigenvalue weighted by Gasteiger charge is -2.43. The number of fused-ring (bicyclic) bond motifs is 3. The molecule has 1 aliphatic heterocycles. The quantitative estimate of drug-likeness (QED) is 0.145. The standard InChI is InChI=1S/C27H26O15/c1-40-10-4-2-3-8-13(10)19(32)16-15(17(8)30)18(31)9-5-27(39,12(29)7-28)6-11(14(9)20(16)33)41-26-23(36)21(34)22(35)24(42-26)25(37)38/h2-4,11,21-24,26,28,31,33-36,39H,5-7H2,1H3,(H,37,38)/t11-,21-,22-,23+,24-,26-,27-/m0/s1. The summed E-state index contributed by atoms with van der Waals surface area (Å²) < 4.78 is 16.0. The summed E-state index contributed by atoms with van der Waals surface area (Å²) in [5, 5.41) is 83.5. The SMILES string of the molecule is COc1cccc2c1C(=O)c1c(O)c3c(c(O)c1C2=O)C[C@@](O)(C(=O)CO)C[C@@H]3O[C@H]1O[C@H](C(=O)O)[C@@H](O)[C@H](O)[C@H]1O. The second kappa shape index (κ2) is 10.4. The molecule has 2 aromatic carbocycles. The van der Waals surface area contributed by atoms with Crippen molar-refractivity contribution in [2.24, 2.45) is 0 Å². The second-order valence-corrected chi connectivity index (χ2v) is 10.2. The van der Waals surface area contributed by atoms with Gasteiger partial charge in [0.1, 0.15) is 47.8 Å². The first-order valence-electron chi connectivity index (χ1n) is 12.6. The first-order chi connectivity index (χ1) is 19.8. The number of hydrogen-bond donors (Lipinski definition) is 8. The van der Waals surface area contributed by atoms with Gasteiger partial charge in [-0.3, -0.25) is 14.4 Å². The Labute approximate surface area is 235 Å². The number of hydrogen-bond acceptors (Lipinski definition) is 14. The molecule has 42 heavy (non-hydrogen) atoms. The van der Waals surface area contributed by atoms with Crippen LogP contribution in [-0.2, 0) is 25.5 Å². The van der Waals surface area contributed by atoms with Gasteiger partial charge >= 0.3 is 5.97 Å². The van der Waals surface area contributed by atoms with E-state index in [0.29, 0.717) is 0 Å². The molecule has 15 heteroatoms. The van der Waals surface area contributed by atoms with Crippen LogP contribution in [0.5, 0.6) is 17.2 Å². The number of aliphatic hydroxyl groups is 5. The number of aliphatic hydroxyl groups excluding tert-OH is 4. The number of methoxy groups -OCH3 is 1. The number of aliphatic carboxylic acids is 1. The summed E-state index contributed by atoms with van der Waals surface area (Å²) in [6.07, 6.45) is -13.7. The Morgan fingerprint density at radius 3 is 2.29 bits per heavy atom. The third-order valence-electron chi connectivity index (χ3n) is 7.85. The van der Waals surface area contributed by atoms with Gasteiger partial charge in [-0.15, -0.1) is 0 Å². The number of phenolic OH excluding ortho intramolecular Hbond substituents is 2. The van der Waals surface area contributed by atoms with Crippen molar-refractivity contribution in [1.29, 1.82) is 0 Å². The molecular formula is C27H26O15. The van der Waals surface area contributed by atoms with Gasteiger partial charge in [0, 0.05) is 29.5 Å². The molecular weight excluding hydrogens is 564 g/mol. The highest BCUT2D eigenvalue weighted by atomic mass is 16.7. The first-order valence-corrected chi connectivity index (χ1v) is 12.6. The Hall–Kier alpha value is -3.96. The van der Waals surface area contributed by atoms with Gasteiger partial charge in [-0.2, -0.15) is 0 Å². The van der Waals surface area contributed by atoms with E-state index in [4.69, 9.17) is 14.2 Å². The lowest BCUT2D eigenvalue weighted by molar-refractivity contribution is -0.308. The van der Waals surface area contributed by atoms with Crippen LogP contribution in [0.4, 0.5) is 0 Å². The Balaban J connectivity index is 1.69. The Morgan fingerprint density at radius 2 is 1.67 bits per heavy atom. The molecule has 1 fully saturated rings. The molecule has 0 unspecified atom stereocenters. The fourth-order valence-electron chi connectivity index (χ4n) is 5.72. The number of carboxylic acid groups (broad SMARTS) is 1. The molecule has 1 heterocycles. The molecule has 224 valence electrons. The predicted octanol–water partition coefficient (Wildman–Crippen LogP) is -1.93. The van der Waals surface area contributed by atoms with Crippen molar-refractivity contribution < 1.29 is 74.2 Å². The summed E-state index contributed by atoms with van der Waals surface area (Å²) in [7, 11) is 1.25. The van der Waals surface area contributed by atoms with Crippen molar-refractivity contribution in [2.45, 2.75) is 55.3 Å². The van der Waals surface area contributed by atoms with E-state index in [1.165, 1.54) is 25.3 Å². The number of carbonyl (C=O) groups excluding carboxylic acids is 3. The smallest absolute Gasteiger partial charge is 0.335 e. The summed E-state index contributed by atoms with van der Waals surface area (Å²) in [5.74, 6) is -6.47. The fraction of sp³-hybridized carbons (Fsp3) is 0.407. The fourth-order valence-corrected chi connectivity index (χ4v) is 5.72. The van der Waals surface area contributed by atoms with Crippen molar-refractivity contribution in [3.63, 3.8) is 0 Å². The zero-order chi connectivity index (χ0) is 30.8. The Bertz CT molecular complexity index is 1520. The van der Waals surface area contributed by atoms with Crippen LogP contribution < -0.4 is 4.74 Å². The van der Waals surface area contributed by atoms with E-state index in [1.54, 1.807) is 0 Å². The normalized spacial score (nSPS) is 30.2. The summed E-state index contributed by atoms with van der Waals surface area (Å²) in [6, 6.07) is 4.13. The van der Waals surface area contributed by atoms with Crippen molar-refractivity contribution in [2.75, 3.05) is 13.7 Å².